The summed E-state index contributed by atoms with van der Waals surface area (Å²) in [5.74, 6) is 1.40. The maximum Gasteiger partial charge on any atom is 0.339 e. The molecule has 1 aromatic carbocycles. The quantitative estimate of drug-likeness (QED) is 0.762. The van der Waals surface area contributed by atoms with Crippen LogP contribution in [-0.2, 0) is 14.6 Å². The molecule has 9 heteroatoms. The third-order valence-corrected chi connectivity index (χ3v) is 5.79. The Morgan fingerprint density at radius 1 is 1.23 bits per heavy atom. The first-order chi connectivity index (χ1) is 12.4. The van der Waals surface area contributed by atoms with E-state index in [1.54, 1.807) is 37.3 Å². The molecule has 0 bridgehead atoms. The van der Waals surface area contributed by atoms with Crippen LogP contribution in [0.5, 0.6) is 0 Å². The summed E-state index contributed by atoms with van der Waals surface area (Å²) in [5, 5.41) is 6.25. The molecule has 0 saturated carbocycles. The summed E-state index contributed by atoms with van der Waals surface area (Å²) in [6.45, 7) is 1.74. The van der Waals surface area contributed by atoms with Gasteiger partial charge in [0.15, 0.2) is 9.84 Å². The molecule has 3 rings (SSSR count). The van der Waals surface area contributed by atoms with Gasteiger partial charge in [-0.15, -0.1) is 0 Å². The molecule has 1 unspecified atom stereocenters. The van der Waals surface area contributed by atoms with Crippen molar-refractivity contribution in [2.24, 2.45) is 0 Å². The molecular formula is C17H20N4O4S. The summed E-state index contributed by atoms with van der Waals surface area (Å²) >= 11 is 0. The molecule has 1 atom stereocenters. The van der Waals surface area contributed by atoms with Crippen molar-refractivity contribution in [3.8, 4) is 0 Å². The van der Waals surface area contributed by atoms with E-state index in [1.807, 2.05) is 0 Å². The SMILES string of the molecule is COC(=O)c1ccccc1Nc1cc(NC2CCS(=O)(=O)C2)nc(C)n1. The van der Waals surface area contributed by atoms with E-state index >= 15 is 0 Å². The zero-order valence-corrected chi connectivity index (χ0v) is 15.3. The van der Waals surface area contributed by atoms with E-state index in [0.29, 0.717) is 35.1 Å². The van der Waals surface area contributed by atoms with E-state index in [1.165, 1.54) is 7.11 Å². The Balaban J connectivity index is 1.82. The van der Waals surface area contributed by atoms with Gasteiger partial charge in [-0.05, 0) is 25.5 Å². The molecule has 0 spiro atoms. The number of hydrogen-bond donors (Lipinski definition) is 2. The van der Waals surface area contributed by atoms with Crippen LogP contribution in [0.25, 0.3) is 0 Å². The summed E-state index contributed by atoms with van der Waals surface area (Å²) in [5.41, 5.74) is 0.953. The standard InChI is InChI=1S/C17H20N4O4S/c1-11-18-15(20-12-7-8-26(23,24)10-12)9-16(19-11)21-14-6-4-3-5-13(14)17(22)25-2/h3-6,9,12H,7-8,10H2,1-2H3,(H2,18,19,20,21). The average molecular weight is 376 g/mol. The number of esters is 1. The predicted octanol–water partition coefficient (Wildman–Crippen LogP) is 1.91. The van der Waals surface area contributed by atoms with Crippen molar-refractivity contribution in [2.75, 3.05) is 29.2 Å². The lowest BCUT2D eigenvalue weighted by Gasteiger charge is -2.14. The van der Waals surface area contributed by atoms with Crippen molar-refractivity contribution >= 4 is 33.1 Å². The Bertz CT molecular complexity index is 930. The minimum Gasteiger partial charge on any atom is -0.465 e. The van der Waals surface area contributed by atoms with Gasteiger partial charge in [0.25, 0.3) is 0 Å². The van der Waals surface area contributed by atoms with Crippen molar-refractivity contribution in [3.63, 3.8) is 0 Å². The number of sulfone groups is 1. The van der Waals surface area contributed by atoms with Crippen LogP contribution in [0.2, 0.25) is 0 Å². The monoisotopic (exact) mass is 376 g/mol. The molecule has 2 aromatic rings. The van der Waals surface area contributed by atoms with Crippen LogP contribution in [0.1, 0.15) is 22.6 Å². The van der Waals surface area contributed by atoms with Crippen molar-refractivity contribution in [1.29, 1.82) is 0 Å². The van der Waals surface area contributed by atoms with E-state index < -0.39 is 15.8 Å². The summed E-state index contributed by atoms with van der Waals surface area (Å²) < 4.78 is 28.0. The van der Waals surface area contributed by atoms with Crippen molar-refractivity contribution in [3.05, 3.63) is 41.7 Å². The van der Waals surface area contributed by atoms with Gasteiger partial charge in [-0.25, -0.2) is 23.2 Å². The highest BCUT2D eigenvalue weighted by Crippen LogP contribution is 2.23. The molecule has 138 valence electrons. The van der Waals surface area contributed by atoms with Gasteiger partial charge in [0, 0.05) is 12.1 Å². The first-order valence-corrected chi connectivity index (χ1v) is 9.95. The highest BCUT2D eigenvalue weighted by atomic mass is 32.2. The highest BCUT2D eigenvalue weighted by Gasteiger charge is 2.28. The third-order valence-electron chi connectivity index (χ3n) is 4.02. The largest absolute Gasteiger partial charge is 0.465 e. The number of carbonyl (C=O) groups is 1. The van der Waals surface area contributed by atoms with Crippen molar-refractivity contribution in [1.82, 2.24) is 9.97 Å². The number of hydrogen-bond acceptors (Lipinski definition) is 8. The lowest BCUT2D eigenvalue weighted by molar-refractivity contribution is 0.0602. The maximum atomic E-state index is 11.9. The number of anilines is 3. The van der Waals surface area contributed by atoms with Crippen LogP contribution in [-0.4, -0.2) is 49.0 Å². The molecule has 1 aliphatic heterocycles. The number of nitrogens with one attached hydrogen (secondary N) is 2. The smallest absolute Gasteiger partial charge is 0.339 e. The fourth-order valence-corrected chi connectivity index (χ4v) is 4.52. The van der Waals surface area contributed by atoms with Crippen molar-refractivity contribution < 1.29 is 17.9 Å². The van der Waals surface area contributed by atoms with Gasteiger partial charge >= 0.3 is 5.97 Å². The predicted molar refractivity (Wildman–Crippen MR) is 98.5 cm³/mol. The molecule has 1 aliphatic rings. The fourth-order valence-electron chi connectivity index (χ4n) is 2.84. The first kappa shape index (κ1) is 18.1. The van der Waals surface area contributed by atoms with Crippen molar-refractivity contribution in [2.45, 2.75) is 19.4 Å². The topological polar surface area (TPSA) is 110 Å². The zero-order chi connectivity index (χ0) is 18.7. The first-order valence-electron chi connectivity index (χ1n) is 8.13. The van der Waals surface area contributed by atoms with E-state index in [2.05, 4.69) is 20.6 Å². The second kappa shape index (κ2) is 7.28. The van der Waals surface area contributed by atoms with E-state index in [4.69, 9.17) is 4.74 Å². The maximum absolute atomic E-state index is 11.9. The number of nitrogens with zero attached hydrogens (tertiary/aromatic N) is 2. The molecular weight excluding hydrogens is 356 g/mol. The van der Waals surface area contributed by atoms with E-state index in [9.17, 15) is 13.2 Å². The molecule has 0 aliphatic carbocycles. The number of rotatable bonds is 5. The summed E-state index contributed by atoms with van der Waals surface area (Å²) in [7, 11) is -1.65. The summed E-state index contributed by atoms with van der Waals surface area (Å²) in [4.78, 5) is 20.5. The number of carbonyl (C=O) groups excluding carboxylic acids is 1. The summed E-state index contributed by atoms with van der Waals surface area (Å²) in [6.07, 6.45) is 0.555. The Morgan fingerprint density at radius 2 is 1.96 bits per heavy atom. The van der Waals surface area contributed by atoms with Gasteiger partial charge in [-0.1, -0.05) is 12.1 Å². The minimum absolute atomic E-state index is 0.101. The number of benzene rings is 1. The Hall–Kier alpha value is -2.68. The van der Waals surface area contributed by atoms with Crippen LogP contribution in [0.3, 0.4) is 0 Å². The molecule has 2 N–H and O–H groups in total. The van der Waals surface area contributed by atoms with E-state index in [-0.39, 0.29) is 17.5 Å². The van der Waals surface area contributed by atoms with Gasteiger partial charge in [-0.3, -0.25) is 0 Å². The molecule has 0 radical (unpaired) electrons. The molecule has 1 fully saturated rings. The number of aromatic nitrogens is 2. The van der Waals surface area contributed by atoms with Crippen LogP contribution >= 0.6 is 0 Å². The molecule has 1 saturated heterocycles. The summed E-state index contributed by atoms with van der Waals surface area (Å²) in [6, 6.07) is 8.48. The number of ether oxygens (including phenoxy) is 1. The molecule has 0 amide bonds. The normalized spacial score (nSPS) is 18.3. The second-order valence-electron chi connectivity index (χ2n) is 6.09. The number of para-hydroxylation sites is 1. The Morgan fingerprint density at radius 3 is 2.65 bits per heavy atom. The van der Waals surface area contributed by atoms with Gasteiger partial charge in [-0.2, -0.15) is 0 Å². The fraction of sp³-hybridized carbons (Fsp3) is 0.353. The zero-order valence-electron chi connectivity index (χ0n) is 14.5. The van der Waals surface area contributed by atoms with Gasteiger partial charge < -0.3 is 15.4 Å². The third kappa shape index (κ3) is 4.29. The number of methoxy groups -OCH3 is 1. The van der Waals surface area contributed by atoms with Gasteiger partial charge in [0.1, 0.15) is 17.5 Å². The molecule has 1 aromatic heterocycles. The Kier molecular flexibility index (Phi) is 5.08. The molecule has 2 heterocycles. The Labute approximate surface area is 151 Å². The average Bonchev–Trinajstić information content (AvgIpc) is 2.92. The highest BCUT2D eigenvalue weighted by molar-refractivity contribution is 7.91. The van der Waals surface area contributed by atoms with E-state index in [0.717, 1.165) is 0 Å². The minimum atomic E-state index is -2.98. The van der Waals surface area contributed by atoms with Gasteiger partial charge in [0.2, 0.25) is 0 Å². The van der Waals surface area contributed by atoms with Crippen LogP contribution < -0.4 is 10.6 Å². The molecule has 26 heavy (non-hydrogen) atoms. The second-order valence-corrected chi connectivity index (χ2v) is 8.32. The number of aryl methyl sites for hydroxylation is 1. The molecule has 8 nitrogen and oxygen atoms in total. The van der Waals surface area contributed by atoms with Crippen LogP contribution in [0, 0.1) is 6.92 Å². The van der Waals surface area contributed by atoms with Gasteiger partial charge in [0.05, 0.1) is 29.9 Å². The van der Waals surface area contributed by atoms with Crippen LogP contribution in [0.4, 0.5) is 17.3 Å². The lowest BCUT2D eigenvalue weighted by atomic mass is 10.2. The van der Waals surface area contributed by atoms with Crippen LogP contribution in [0.15, 0.2) is 30.3 Å². The lowest BCUT2D eigenvalue weighted by Crippen LogP contribution is -2.21.